The van der Waals surface area contributed by atoms with Crippen molar-refractivity contribution in [2.75, 3.05) is 26.7 Å². The molecule has 0 spiro atoms. The van der Waals surface area contributed by atoms with Crippen LogP contribution in [0.5, 0.6) is 0 Å². The van der Waals surface area contributed by atoms with E-state index in [9.17, 15) is 0 Å². The Morgan fingerprint density at radius 2 is 1.77 bits per heavy atom. The predicted octanol–water partition coefficient (Wildman–Crippen LogP) is 4.53. The Hall–Kier alpha value is -1.19. The number of thiazole rings is 1. The Balaban J connectivity index is 0.00000272. The molecule has 0 bridgehead atoms. The average molecular weight is 554 g/mol. The summed E-state index contributed by atoms with van der Waals surface area (Å²) < 4.78 is 0. The van der Waals surface area contributed by atoms with E-state index in [1.165, 1.54) is 78.3 Å². The summed E-state index contributed by atoms with van der Waals surface area (Å²) in [5.74, 6) is 0.870. The van der Waals surface area contributed by atoms with Crippen molar-refractivity contribution in [2.24, 2.45) is 4.99 Å². The molecule has 1 saturated heterocycles. The van der Waals surface area contributed by atoms with Crippen molar-refractivity contribution >= 4 is 41.3 Å². The van der Waals surface area contributed by atoms with Crippen LogP contribution in [-0.2, 0) is 32.4 Å². The molecule has 2 heterocycles. The second-order valence-electron chi connectivity index (χ2n) is 8.44. The number of aryl methyl sites for hydroxylation is 3. The highest BCUT2D eigenvalue weighted by atomic mass is 127. The SMILES string of the molecule is CN=C(NCCCc1nc2c(s1)CCCC2)NCc1ccc(CN2CCCC2)cc1.I. The number of benzene rings is 1. The molecule has 1 aromatic carbocycles. The summed E-state index contributed by atoms with van der Waals surface area (Å²) in [6, 6.07) is 8.99. The third-order valence-electron chi connectivity index (χ3n) is 6.06. The van der Waals surface area contributed by atoms with E-state index in [1.54, 1.807) is 0 Å². The van der Waals surface area contributed by atoms with Crippen molar-refractivity contribution in [1.29, 1.82) is 0 Å². The van der Waals surface area contributed by atoms with Crippen molar-refractivity contribution < 1.29 is 0 Å². The molecule has 0 atom stereocenters. The lowest BCUT2D eigenvalue weighted by Gasteiger charge is -2.15. The van der Waals surface area contributed by atoms with Gasteiger partial charge >= 0.3 is 0 Å². The molecule has 2 aromatic rings. The van der Waals surface area contributed by atoms with Crippen molar-refractivity contribution in [2.45, 2.75) is 64.5 Å². The summed E-state index contributed by atoms with van der Waals surface area (Å²) in [6.07, 6.45) is 9.89. The first-order chi connectivity index (χ1) is 14.8. The molecule has 31 heavy (non-hydrogen) atoms. The molecule has 1 aliphatic heterocycles. The molecule has 1 fully saturated rings. The van der Waals surface area contributed by atoms with Crippen molar-refractivity contribution in [3.8, 4) is 0 Å². The Morgan fingerprint density at radius 3 is 2.52 bits per heavy atom. The van der Waals surface area contributed by atoms with Gasteiger partial charge in [-0.2, -0.15) is 0 Å². The van der Waals surface area contributed by atoms with Crippen LogP contribution >= 0.6 is 35.3 Å². The fraction of sp³-hybridized carbons (Fsp3) is 0.583. The van der Waals surface area contributed by atoms with E-state index in [1.807, 2.05) is 18.4 Å². The number of nitrogens with zero attached hydrogens (tertiary/aromatic N) is 3. The van der Waals surface area contributed by atoms with Crippen LogP contribution in [0.2, 0.25) is 0 Å². The number of halogens is 1. The van der Waals surface area contributed by atoms with Gasteiger partial charge in [0, 0.05) is 38.0 Å². The number of aromatic nitrogens is 1. The zero-order valence-corrected chi connectivity index (χ0v) is 21.8. The van der Waals surface area contributed by atoms with Gasteiger partial charge < -0.3 is 10.6 Å². The third-order valence-corrected chi connectivity index (χ3v) is 7.28. The van der Waals surface area contributed by atoms with Crippen molar-refractivity contribution in [1.82, 2.24) is 20.5 Å². The number of aliphatic imine (C=N–C) groups is 1. The van der Waals surface area contributed by atoms with Crippen molar-refractivity contribution in [3.63, 3.8) is 0 Å². The Labute approximate surface area is 208 Å². The summed E-state index contributed by atoms with van der Waals surface area (Å²) >= 11 is 1.93. The maximum Gasteiger partial charge on any atom is 0.191 e. The van der Waals surface area contributed by atoms with Crippen LogP contribution in [0.25, 0.3) is 0 Å². The van der Waals surface area contributed by atoms with Gasteiger partial charge in [0.2, 0.25) is 0 Å². The quantitative estimate of drug-likeness (QED) is 0.218. The molecule has 0 unspecified atom stereocenters. The Kier molecular flexibility index (Phi) is 10.1. The van der Waals surface area contributed by atoms with Gasteiger partial charge in [-0.15, -0.1) is 35.3 Å². The standard InChI is InChI=1S/C24H35N5S.HI/c1-25-24(26-14-6-9-23-28-21-7-2-3-8-22(21)30-23)27-17-19-10-12-20(13-11-19)18-29-15-4-5-16-29;/h10-13H,2-9,14-18H2,1H3,(H2,25,26,27);1H. The van der Waals surface area contributed by atoms with Crippen LogP contribution in [0.4, 0.5) is 0 Å². The number of hydrogen-bond donors (Lipinski definition) is 2. The summed E-state index contributed by atoms with van der Waals surface area (Å²) in [5.41, 5.74) is 4.07. The zero-order chi connectivity index (χ0) is 20.6. The first-order valence-electron chi connectivity index (χ1n) is 11.5. The van der Waals surface area contributed by atoms with Gasteiger partial charge in [0.15, 0.2) is 5.96 Å². The van der Waals surface area contributed by atoms with E-state index in [-0.39, 0.29) is 24.0 Å². The van der Waals surface area contributed by atoms with Gasteiger partial charge in [-0.25, -0.2) is 4.98 Å². The first kappa shape index (κ1) is 24.5. The van der Waals surface area contributed by atoms with Crippen LogP contribution in [0.15, 0.2) is 29.3 Å². The third kappa shape index (κ3) is 7.43. The molecular weight excluding hydrogens is 517 g/mol. The smallest absolute Gasteiger partial charge is 0.191 e. The number of guanidine groups is 1. The van der Waals surface area contributed by atoms with Gasteiger partial charge in [-0.1, -0.05) is 24.3 Å². The van der Waals surface area contributed by atoms with Gasteiger partial charge in [-0.05, 0) is 69.2 Å². The highest BCUT2D eigenvalue weighted by Gasteiger charge is 2.15. The predicted molar refractivity (Wildman–Crippen MR) is 142 cm³/mol. The number of rotatable bonds is 8. The van der Waals surface area contributed by atoms with E-state index in [4.69, 9.17) is 4.98 Å². The molecule has 170 valence electrons. The molecule has 1 aliphatic carbocycles. The summed E-state index contributed by atoms with van der Waals surface area (Å²) in [6.45, 7) is 5.28. The zero-order valence-electron chi connectivity index (χ0n) is 18.7. The lowest BCUT2D eigenvalue weighted by molar-refractivity contribution is 0.331. The monoisotopic (exact) mass is 553 g/mol. The van der Waals surface area contributed by atoms with Gasteiger partial charge in [0.1, 0.15) is 0 Å². The van der Waals surface area contributed by atoms with Crippen LogP contribution in [-0.4, -0.2) is 42.5 Å². The van der Waals surface area contributed by atoms with Crippen LogP contribution in [0.1, 0.15) is 58.8 Å². The second kappa shape index (κ2) is 12.7. The summed E-state index contributed by atoms with van der Waals surface area (Å²) in [4.78, 5) is 13.3. The molecule has 2 aliphatic rings. The highest BCUT2D eigenvalue weighted by molar-refractivity contribution is 14.0. The summed E-state index contributed by atoms with van der Waals surface area (Å²) in [7, 11) is 1.84. The van der Waals surface area contributed by atoms with Crippen LogP contribution in [0.3, 0.4) is 0 Å². The largest absolute Gasteiger partial charge is 0.356 e. The molecule has 0 saturated carbocycles. The van der Waals surface area contributed by atoms with Crippen LogP contribution < -0.4 is 10.6 Å². The van der Waals surface area contributed by atoms with E-state index < -0.39 is 0 Å². The minimum atomic E-state index is 0. The van der Waals surface area contributed by atoms with Gasteiger partial charge in [0.25, 0.3) is 0 Å². The fourth-order valence-electron chi connectivity index (χ4n) is 4.33. The minimum absolute atomic E-state index is 0. The topological polar surface area (TPSA) is 52.6 Å². The van der Waals surface area contributed by atoms with E-state index in [0.717, 1.165) is 38.4 Å². The maximum absolute atomic E-state index is 4.84. The average Bonchev–Trinajstić information content (AvgIpc) is 3.43. The number of likely N-dealkylation sites (tertiary alicyclic amines) is 1. The summed E-state index contributed by atoms with van der Waals surface area (Å²) in [5, 5.41) is 8.18. The molecule has 1 aromatic heterocycles. The fourth-order valence-corrected chi connectivity index (χ4v) is 5.53. The minimum Gasteiger partial charge on any atom is -0.356 e. The Bertz CT molecular complexity index is 803. The van der Waals surface area contributed by atoms with E-state index >= 15 is 0 Å². The highest BCUT2D eigenvalue weighted by Crippen LogP contribution is 2.27. The maximum atomic E-state index is 4.84. The molecule has 4 rings (SSSR count). The Morgan fingerprint density at radius 1 is 1.03 bits per heavy atom. The second-order valence-corrected chi connectivity index (χ2v) is 9.61. The molecule has 0 radical (unpaired) electrons. The normalized spacial score (nSPS) is 16.6. The lowest BCUT2D eigenvalue weighted by atomic mass is 10.0. The lowest BCUT2D eigenvalue weighted by Crippen LogP contribution is -2.37. The molecule has 2 N–H and O–H groups in total. The first-order valence-corrected chi connectivity index (χ1v) is 12.3. The number of hydrogen-bond acceptors (Lipinski definition) is 4. The molecule has 5 nitrogen and oxygen atoms in total. The van der Waals surface area contributed by atoms with Crippen LogP contribution in [0, 0.1) is 0 Å². The van der Waals surface area contributed by atoms with Gasteiger partial charge in [-0.3, -0.25) is 9.89 Å². The molecule has 7 heteroatoms. The molecular formula is C24H36IN5S. The van der Waals surface area contributed by atoms with E-state index in [2.05, 4.69) is 44.8 Å². The van der Waals surface area contributed by atoms with Gasteiger partial charge in [0.05, 0.1) is 10.7 Å². The number of fused-ring (bicyclic) bond motifs is 1. The molecule has 0 amide bonds. The number of nitrogens with one attached hydrogen (secondary N) is 2. The van der Waals surface area contributed by atoms with E-state index in [0.29, 0.717) is 0 Å². The van der Waals surface area contributed by atoms with Crippen molar-refractivity contribution in [3.05, 3.63) is 51.0 Å².